The lowest BCUT2D eigenvalue weighted by Gasteiger charge is -2.28. The molecule has 0 radical (unpaired) electrons. The van der Waals surface area contributed by atoms with Gasteiger partial charge in [-0.2, -0.15) is 0 Å². The van der Waals surface area contributed by atoms with Crippen molar-refractivity contribution in [2.75, 3.05) is 24.6 Å². The van der Waals surface area contributed by atoms with Crippen molar-refractivity contribution in [1.29, 1.82) is 0 Å². The zero-order valence-corrected chi connectivity index (χ0v) is 25.3. The van der Waals surface area contributed by atoms with E-state index < -0.39 is 17.4 Å². The molecule has 5 heteroatoms. The van der Waals surface area contributed by atoms with E-state index in [2.05, 4.69) is 27.7 Å². The van der Waals surface area contributed by atoms with Gasteiger partial charge < -0.3 is 4.55 Å². The molecule has 0 aliphatic carbocycles. The monoisotopic (exact) mass is 528 g/mol. The molecule has 35 heavy (non-hydrogen) atoms. The first kappa shape index (κ1) is 34.6. The van der Waals surface area contributed by atoms with Crippen molar-refractivity contribution in [3.63, 3.8) is 0 Å². The summed E-state index contributed by atoms with van der Waals surface area (Å²) in [4.78, 5) is -0.185. The van der Waals surface area contributed by atoms with Crippen molar-refractivity contribution in [1.82, 2.24) is 0 Å². The Balaban J connectivity index is 0.000000952. The number of hydrogen-bond acceptors (Lipinski definition) is 3. The predicted molar refractivity (Wildman–Crippen MR) is 157 cm³/mol. The van der Waals surface area contributed by atoms with Gasteiger partial charge in [0, 0.05) is 7.26 Å². The van der Waals surface area contributed by atoms with Crippen LogP contribution in [-0.4, -0.2) is 37.6 Å². The van der Waals surface area contributed by atoms with Crippen LogP contribution in [0.3, 0.4) is 0 Å². The van der Waals surface area contributed by atoms with Gasteiger partial charge in [-0.1, -0.05) is 97.3 Å². The van der Waals surface area contributed by atoms with Gasteiger partial charge in [-0.15, -0.1) is 0 Å². The molecule has 1 aromatic rings. The zero-order chi connectivity index (χ0) is 26.3. The normalized spacial score (nSPS) is 11.8. The molecule has 0 amide bonds. The maximum atomic E-state index is 10.3. The van der Waals surface area contributed by atoms with Crippen molar-refractivity contribution in [3.8, 4) is 0 Å². The predicted octanol–water partition coefficient (Wildman–Crippen LogP) is 9.92. The third-order valence-electron chi connectivity index (χ3n) is 6.98. The quantitative estimate of drug-likeness (QED) is 0.0906. The van der Waals surface area contributed by atoms with Crippen LogP contribution in [0.4, 0.5) is 0 Å². The Morgan fingerprint density at radius 3 is 1.09 bits per heavy atom. The molecule has 3 nitrogen and oxygen atoms in total. The lowest BCUT2D eigenvalue weighted by atomic mass is 10.2. The van der Waals surface area contributed by atoms with Crippen LogP contribution in [0, 0.1) is 0 Å². The van der Waals surface area contributed by atoms with Crippen LogP contribution in [0.25, 0.3) is 0 Å². The molecule has 0 bridgehead atoms. The maximum Gasteiger partial charge on any atom is 0.124 e. The van der Waals surface area contributed by atoms with Crippen LogP contribution in [-0.2, 0) is 10.1 Å². The summed E-state index contributed by atoms with van der Waals surface area (Å²) in [5, 5.41) is 0. The van der Waals surface area contributed by atoms with Gasteiger partial charge in [0.1, 0.15) is 10.1 Å². The molecule has 0 saturated heterocycles. The van der Waals surface area contributed by atoms with E-state index in [1.54, 1.807) is 30.7 Å². The highest BCUT2D eigenvalue weighted by Gasteiger charge is 2.34. The van der Waals surface area contributed by atoms with Gasteiger partial charge in [-0.05, 0) is 63.5 Å². The molecule has 0 N–H and O–H groups in total. The van der Waals surface area contributed by atoms with E-state index in [4.69, 9.17) is 0 Å². The molecule has 0 aromatic heterocycles. The van der Waals surface area contributed by atoms with Gasteiger partial charge in [-0.3, -0.25) is 0 Å². The minimum Gasteiger partial charge on any atom is -0.744 e. The number of unbranched alkanes of at least 4 members (excludes halogenated alkanes) is 12. The van der Waals surface area contributed by atoms with Crippen LogP contribution < -0.4 is 0 Å². The SMILES string of the molecule is CCCCCC[P+](CCCCCC)(CCCCCC)CCCCCC.O=S(=O)([O-])c1ccccc1. The van der Waals surface area contributed by atoms with Crippen LogP contribution in [0.5, 0.6) is 0 Å². The molecular weight excluding hydrogens is 471 g/mol. The maximum absolute atomic E-state index is 10.3. The molecule has 0 aliphatic heterocycles. The summed E-state index contributed by atoms with van der Waals surface area (Å²) in [7, 11) is -4.91. The van der Waals surface area contributed by atoms with E-state index in [9.17, 15) is 13.0 Å². The van der Waals surface area contributed by atoms with Crippen LogP contribution >= 0.6 is 7.26 Å². The third-order valence-corrected chi connectivity index (χ3v) is 12.9. The molecule has 0 spiro atoms. The zero-order valence-electron chi connectivity index (χ0n) is 23.6. The lowest BCUT2D eigenvalue weighted by molar-refractivity contribution is 0.463. The molecule has 0 saturated carbocycles. The van der Waals surface area contributed by atoms with E-state index in [0.717, 1.165) is 0 Å². The van der Waals surface area contributed by atoms with Gasteiger partial charge in [0.15, 0.2) is 0 Å². The van der Waals surface area contributed by atoms with E-state index in [1.165, 1.54) is 127 Å². The summed E-state index contributed by atoms with van der Waals surface area (Å²) in [6.07, 6.45) is 30.1. The average molecular weight is 529 g/mol. The molecule has 1 aromatic carbocycles. The molecule has 0 heterocycles. The smallest absolute Gasteiger partial charge is 0.124 e. The third kappa shape index (κ3) is 19.4. The highest BCUT2D eigenvalue weighted by molar-refractivity contribution is 7.85. The molecule has 0 atom stereocenters. The first-order valence-electron chi connectivity index (χ1n) is 14.7. The fourth-order valence-corrected chi connectivity index (χ4v) is 10.2. The molecule has 0 aliphatic rings. The molecule has 206 valence electrons. The molecular formula is C30H57O3PS. The second kappa shape index (κ2) is 22.7. The highest BCUT2D eigenvalue weighted by Crippen LogP contribution is 2.61. The van der Waals surface area contributed by atoms with Crippen molar-refractivity contribution in [3.05, 3.63) is 30.3 Å². The molecule has 0 unspecified atom stereocenters. The number of benzene rings is 1. The standard InChI is InChI=1S/C24H52P.C6H6O3S/c1-5-9-13-17-21-25(22-18-14-10-6-2,23-19-15-11-7-3)24-20-16-12-8-4;7-10(8,9)6-4-2-1-3-5-6/h5-24H2,1-4H3;1-5H,(H,7,8,9)/q+1;/p-1. The topological polar surface area (TPSA) is 57.2 Å². The summed E-state index contributed by atoms with van der Waals surface area (Å²) < 4.78 is 30.8. The van der Waals surface area contributed by atoms with Gasteiger partial charge in [0.25, 0.3) is 0 Å². The Labute approximate surface area is 220 Å². The highest BCUT2D eigenvalue weighted by atomic mass is 32.2. The van der Waals surface area contributed by atoms with Crippen molar-refractivity contribution < 1.29 is 13.0 Å². The van der Waals surface area contributed by atoms with Crippen LogP contribution in [0.1, 0.15) is 130 Å². The first-order valence-corrected chi connectivity index (χ1v) is 18.6. The second-order valence-corrected chi connectivity index (χ2v) is 16.1. The molecule has 0 fully saturated rings. The van der Waals surface area contributed by atoms with Crippen molar-refractivity contribution in [2.45, 2.75) is 135 Å². The number of rotatable bonds is 21. The Morgan fingerprint density at radius 2 is 0.857 bits per heavy atom. The van der Waals surface area contributed by atoms with E-state index in [1.807, 2.05) is 0 Å². The number of hydrogen-bond donors (Lipinski definition) is 0. The fourth-order valence-electron chi connectivity index (χ4n) is 4.75. The van der Waals surface area contributed by atoms with Gasteiger partial charge in [0.2, 0.25) is 0 Å². The van der Waals surface area contributed by atoms with E-state index >= 15 is 0 Å². The first-order chi connectivity index (χ1) is 16.8. The van der Waals surface area contributed by atoms with Gasteiger partial charge >= 0.3 is 0 Å². The Hall–Kier alpha value is -0.440. The Kier molecular flexibility index (Phi) is 22.4. The Morgan fingerprint density at radius 1 is 0.543 bits per heavy atom. The van der Waals surface area contributed by atoms with E-state index in [-0.39, 0.29) is 4.90 Å². The van der Waals surface area contributed by atoms with Gasteiger partial charge in [-0.25, -0.2) is 8.42 Å². The fraction of sp³-hybridized carbons (Fsp3) is 0.800. The van der Waals surface area contributed by atoms with E-state index in [0.29, 0.717) is 0 Å². The summed E-state index contributed by atoms with van der Waals surface area (Å²) in [6.45, 7) is 9.40. The lowest BCUT2D eigenvalue weighted by Crippen LogP contribution is -2.13. The Bertz CT molecular complexity index is 623. The minimum atomic E-state index is -4.25. The summed E-state index contributed by atoms with van der Waals surface area (Å²) in [5.74, 6) is 0. The van der Waals surface area contributed by atoms with Crippen molar-refractivity contribution in [2.24, 2.45) is 0 Å². The average Bonchev–Trinajstić information content (AvgIpc) is 2.85. The van der Waals surface area contributed by atoms with Crippen molar-refractivity contribution >= 4 is 17.4 Å². The largest absolute Gasteiger partial charge is 0.744 e. The summed E-state index contributed by atoms with van der Waals surface area (Å²) in [6, 6.07) is 7.19. The minimum absolute atomic E-state index is 0.185. The van der Waals surface area contributed by atoms with Gasteiger partial charge in [0.05, 0.1) is 29.5 Å². The summed E-state index contributed by atoms with van der Waals surface area (Å²) >= 11 is 0. The second-order valence-electron chi connectivity index (χ2n) is 10.2. The van der Waals surface area contributed by atoms with Crippen LogP contribution in [0.15, 0.2) is 35.2 Å². The molecule has 1 rings (SSSR count). The summed E-state index contributed by atoms with van der Waals surface area (Å²) in [5.41, 5.74) is 0. The van der Waals surface area contributed by atoms with Crippen LogP contribution in [0.2, 0.25) is 0 Å².